The number of fused-ring (bicyclic) bond motifs is 2. The number of thiazole rings is 1. The monoisotopic (exact) mass is 410 g/mol. The highest BCUT2D eigenvalue weighted by Crippen LogP contribution is 2.31. The van der Waals surface area contributed by atoms with Crippen LogP contribution in [0.3, 0.4) is 0 Å². The van der Waals surface area contributed by atoms with Gasteiger partial charge in [0.25, 0.3) is 0 Å². The molecule has 0 bridgehead atoms. The van der Waals surface area contributed by atoms with E-state index < -0.39 is 0 Å². The fourth-order valence-electron chi connectivity index (χ4n) is 2.80. The van der Waals surface area contributed by atoms with Gasteiger partial charge in [0, 0.05) is 6.08 Å². The van der Waals surface area contributed by atoms with Crippen molar-refractivity contribution in [3.63, 3.8) is 0 Å². The first-order chi connectivity index (χ1) is 14.1. The van der Waals surface area contributed by atoms with E-state index in [9.17, 15) is 9.59 Å². The van der Waals surface area contributed by atoms with E-state index in [4.69, 9.17) is 14.2 Å². The molecule has 148 valence electrons. The van der Waals surface area contributed by atoms with Crippen LogP contribution >= 0.6 is 11.3 Å². The topological polar surface area (TPSA) is 86.8 Å². The van der Waals surface area contributed by atoms with Crippen LogP contribution in [0, 0.1) is 0 Å². The Morgan fingerprint density at radius 3 is 2.83 bits per heavy atom. The van der Waals surface area contributed by atoms with Crippen LogP contribution in [0.5, 0.6) is 11.5 Å². The van der Waals surface area contributed by atoms with Gasteiger partial charge < -0.3 is 14.2 Å². The highest BCUT2D eigenvalue weighted by Gasteiger charge is 2.12. The fraction of sp³-hybridized carbons (Fsp3) is 0.190. The van der Waals surface area contributed by atoms with E-state index in [2.05, 4.69) is 10.3 Å². The Morgan fingerprint density at radius 1 is 1.17 bits per heavy atom. The minimum atomic E-state index is -0.379. The van der Waals surface area contributed by atoms with Crippen molar-refractivity contribution in [3.8, 4) is 11.5 Å². The summed E-state index contributed by atoms with van der Waals surface area (Å²) in [5.74, 6) is 0.692. The van der Waals surface area contributed by atoms with Crippen LogP contribution in [-0.4, -0.2) is 36.7 Å². The molecule has 4 rings (SSSR count). The minimum Gasteiger partial charge on any atom is -0.486 e. The van der Waals surface area contributed by atoms with Gasteiger partial charge in [0.15, 0.2) is 16.6 Å². The highest BCUT2D eigenvalue weighted by atomic mass is 32.1. The van der Waals surface area contributed by atoms with Gasteiger partial charge in [-0.15, -0.1) is 0 Å². The minimum absolute atomic E-state index is 0.301. The van der Waals surface area contributed by atoms with E-state index in [0.717, 1.165) is 10.3 Å². The van der Waals surface area contributed by atoms with E-state index in [1.807, 2.05) is 18.2 Å². The van der Waals surface area contributed by atoms with Crippen molar-refractivity contribution in [2.45, 2.75) is 6.92 Å². The molecule has 2 heterocycles. The van der Waals surface area contributed by atoms with E-state index in [1.165, 1.54) is 17.4 Å². The molecule has 8 heteroatoms. The molecule has 2 aromatic carbocycles. The van der Waals surface area contributed by atoms with Crippen LogP contribution in [0.4, 0.5) is 5.13 Å². The number of ether oxygens (including phenoxy) is 3. The average Bonchev–Trinajstić information content (AvgIpc) is 3.13. The van der Waals surface area contributed by atoms with E-state index >= 15 is 0 Å². The van der Waals surface area contributed by atoms with Gasteiger partial charge in [0.05, 0.1) is 22.4 Å². The first kappa shape index (κ1) is 18.9. The Bertz CT molecular complexity index is 1110. The fourth-order valence-corrected chi connectivity index (χ4v) is 3.71. The summed E-state index contributed by atoms with van der Waals surface area (Å²) in [6.45, 7) is 3.12. The lowest BCUT2D eigenvalue weighted by Crippen LogP contribution is -2.15. The molecule has 0 radical (unpaired) electrons. The molecule has 1 aliphatic heterocycles. The number of carbonyl (C=O) groups is 2. The van der Waals surface area contributed by atoms with Crippen LogP contribution in [0.15, 0.2) is 42.5 Å². The molecule has 0 spiro atoms. The number of benzene rings is 2. The van der Waals surface area contributed by atoms with Crippen molar-refractivity contribution in [3.05, 3.63) is 53.6 Å². The third-order valence-corrected chi connectivity index (χ3v) is 5.06. The van der Waals surface area contributed by atoms with Crippen molar-refractivity contribution in [1.82, 2.24) is 4.98 Å². The second-order valence-corrected chi connectivity index (χ2v) is 7.18. The normalized spacial score (nSPS) is 12.9. The number of amides is 1. The van der Waals surface area contributed by atoms with Crippen molar-refractivity contribution in [1.29, 1.82) is 0 Å². The first-order valence-electron chi connectivity index (χ1n) is 9.09. The van der Waals surface area contributed by atoms with Gasteiger partial charge in [-0.1, -0.05) is 17.4 Å². The SMILES string of the molecule is CCOC(=O)c1ccc2nc(NC(=O)/C=C\c3ccc4c(c3)OCCO4)sc2c1. The predicted molar refractivity (Wildman–Crippen MR) is 111 cm³/mol. The first-order valence-corrected chi connectivity index (χ1v) is 9.90. The third-order valence-electron chi connectivity index (χ3n) is 4.12. The van der Waals surface area contributed by atoms with Crippen molar-refractivity contribution < 1.29 is 23.8 Å². The number of anilines is 1. The summed E-state index contributed by atoms with van der Waals surface area (Å²) in [5.41, 5.74) is 1.99. The Kier molecular flexibility index (Phi) is 5.44. The van der Waals surface area contributed by atoms with Gasteiger partial charge >= 0.3 is 5.97 Å². The summed E-state index contributed by atoms with van der Waals surface area (Å²) in [7, 11) is 0. The highest BCUT2D eigenvalue weighted by molar-refractivity contribution is 7.22. The van der Waals surface area contributed by atoms with Gasteiger partial charge in [0.2, 0.25) is 5.91 Å². The number of nitrogens with one attached hydrogen (secondary N) is 1. The Balaban J connectivity index is 1.44. The van der Waals surface area contributed by atoms with Gasteiger partial charge in [0.1, 0.15) is 13.2 Å². The molecule has 1 aromatic heterocycles. The predicted octanol–water partition coefficient (Wildman–Crippen LogP) is 3.90. The number of aromatic nitrogens is 1. The number of hydrogen-bond donors (Lipinski definition) is 1. The van der Waals surface area contributed by atoms with Gasteiger partial charge in [-0.2, -0.15) is 0 Å². The van der Waals surface area contributed by atoms with Crippen LogP contribution in [0.1, 0.15) is 22.8 Å². The number of carbonyl (C=O) groups excluding carboxylic acids is 2. The molecular weight excluding hydrogens is 392 g/mol. The van der Waals surface area contributed by atoms with Crippen molar-refractivity contribution in [2.24, 2.45) is 0 Å². The molecular formula is C21H18N2O5S. The summed E-state index contributed by atoms with van der Waals surface area (Å²) in [6, 6.07) is 10.6. The largest absolute Gasteiger partial charge is 0.486 e. The zero-order valence-electron chi connectivity index (χ0n) is 15.6. The smallest absolute Gasteiger partial charge is 0.338 e. The number of esters is 1. The molecule has 0 unspecified atom stereocenters. The van der Waals surface area contributed by atoms with Gasteiger partial charge in [-0.3, -0.25) is 10.1 Å². The molecule has 7 nitrogen and oxygen atoms in total. The molecule has 1 aliphatic rings. The second-order valence-electron chi connectivity index (χ2n) is 6.15. The number of hydrogen-bond acceptors (Lipinski definition) is 7. The lowest BCUT2D eigenvalue weighted by atomic mass is 10.2. The zero-order chi connectivity index (χ0) is 20.2. The maximum absolute atomic E-state index is 12.3. The molecule has 0 saturated carbocycles. The van der Waals surface area contributed by atoms with Crippen LogP contribution in [0.2, 0.25) is 0 Å². The summed E-state index contributed by atoms with van der Waals surface area (Å²) in [4.78, 5) is 28.5. The van der Waals surface area contributed by atoms with Crippen LogP contribution in [-0.2, 0) is 9.53 Å². The van der Waals surface area contributed by atoms with Crippen molar-refractivity contribution >= 4 is 44.6 Å². The van der Waals surface area contributed by atoms with Crippen LogP contribution < -0.4 is 14.8 Å². The van der Waals surface area contributed by atoms with E-state index in [1.54, 1.807) is 31.2 Å². The Labute approximate surface area is 170 Å². The number of rotatable bonds is 5. The number of nitrogens with zero attached hydrogens (tertiary/aromatic N) is 1. The van der Waals surface area contributed by atoms with Gasteiger partial charge in [-0.05, 0) is 48.9 Å². The molecule has 0 saturated heterocycles. The maximum Gasteiger partial charge on any atom is 0.338 e. The van der Waals surface area contributed by atoms with Gasteiger partial charge in [-0.25, -0.2) is 9.78 Å². The molecule has 0 atom stereocenters. The second kappa shape index (κ2) is 8.32. The van der Waals surface area contributed by atoms with E-state index in [-0.39, 0.29) is 11.9 Å². The Hall–Kier alpha value is -3.39. The summed E-state index contributed by atoms with van der Waals surface area (Å²) in [6.07, 6.45) is 3.13. The molecule has 29 heavy (non-hydrogen) atoms. The maximum atomic E-state index is 12.3. The van der Waals surface area contributed by atoms with Crippen molar-refractivity contribution in [2.75, 3.05) is 25.1 Å². The zero-order valence-corrected chi connectivity index (χ0v) is 16.5. The summed E-state index contributed by atoms with van der Waals surface area (Å²) >= 11 is 1.29. The molecule has 0 aliphatic carbocycles. The summed E-state index contributed by atoms with van der Waals surface area (Å²) < 4.78 is 16.8. The lowest BCUT2D eigenvalue weighted by molar-refractivity contribution is -0.111. The molecule has 1 amide bonds. The molecule has 3 aromatic rings. The third kappa shape index (κ3) is 4.38. The molecule has 0 fully saturated rings. The molecule has 1 N–H and O–H groups in total. The standard InChI is InChI=1S/C21H18N2O5S/c1-2-26-20(25)14-5-6-15-18(12-14)29-21(22-15)23-19(24)8-4-13-3-7-16-17(11-13)28-10-9-27-16/h3-8,11-12H,2,9-10H2,1H3,(H,22,23,24)/b8-4-. The average molecular weight is 410 g/mol. The van der Waals surface area contributed by atoms with Crippen LogP contribution in [0.25, 0.3) is 16.3 Å². The lowest BCUT2D eigenvalue weighted by Gasteiger charge is -2.18. The van der Waals surface area contributed by atoms with E-state index in [0.29, 0.717) is 47.5 Å². The summed E-state index contributed by atoms with van der Waals surface area (Å²) in [5, 5.41) is 3.20. The quantitative estimate of drug-likeness (QED) is 0.507. The Morgan fingerprint density at radius 2 is 2.00 bits per heavy atom.